The predicted octanol–water partition coefficient (Wildman–Crippen LogP) is 3.54. The van der Waals surface area contributed by atoms with E-state index in [2.05, 4.69) is 5.32 Å². The number of nitrogens with zero attached hydrogens (tertiary/aromatic N) is 1. The molecule has 0 radical (unpaired) electrons. The molecule has 0 saturated carbocycles. The normalized spacial score (nSPS) is 16.7. The molecule has 0 aliphatic carbocycles. The van der Waals surface area contributed by atoms with Crippen molar-refractivity contribution < 1.29 is 32.2 Å². The molecule has 10 heteroatoms. The first kappa shape index (κ1) is 24.7. The number of nitrogens with one attached hydrogen (secondary N) is 1. The van der Waals surface area contributed by atoms with E-state index in [0.717, 1.165) is 19.3 Å². The van der Waals surface area contributed by atoms with Crippen molar-refractivity contribution in [3.05, 3.63) is 35.9 Å². The maximum atomic E-state index is 13.4. The van der Waals surface area contributed by atoms with Crippen LogP contribution in [0.5, 0.6) is 23.0 Å². The molecule has 1 fully saturated rings. The summed E-state index contributed by atoms with van der Waals surface area (Å²) in [7, 11) is 2.01. The van der Waals surface area contributed by atoms with Gasteiger partial charge in [-0.05, 0) is 38.0 Å². The molecule has 1 N–H and O–H groups in total. The summed E-state index contributed by atoms with van der Waals surface area (Å²) in [5.41, 5.74) is 0.576. The number of rotatable bonds is 8. The Bertz CT molecular complexity index is 1090. The van der Waals surface area contributed by atoms with Crippen LogP contribution >= 0.6 is 0 Å². The van der Waals surface area contributed by atoms with Crippen molar-refractivity contribution in [2.45, 2.75) is 37.1 Å². The summed E-state index contributed by atoms with van der Waals surface area (Å²) in [6.07, 6.45) is 2.58. The molecule has 1 amide bonds. The fourth-order valence-electron chi connectivity index (χ4n) is 3.93. The van der Waals surface area contributed by atoms with Crippen molar-refractivity contribution in [1.82, 2.24) is 4.31 Å². The van der Waals surface area contributed by atoms with E-state index in [9.17, 15) is 13.2 Å². The highest BCUT2D eigenvalue weighted by Gasteiger charge is 2.33. The summed E-state index contributed by atoms with van der Waals surface area (Å²) >= 11 is 0. The van der Waals surface area contributed by atoms with Gasteiger partial charge in [0.25, 0.3) is 5.91 Å². The first-order chi connectivity index (χ1) is 15.8. The molecular weight excluding hydrogens is 448 g/mol. The zero-order valence-electron chi connectivity index (χ0n) is 19.5. The van der Waals surface area contributed by atoms with Gasteiger partial charge in [0.05, 0.1) is 28.4 Å². The molecule has 9 nitrogen and oxygen atoms in total. The van der Waals surface area contributed by atoms with Gasteiger partial charge in [0.1, 0.15) is 10.6 Å². The predicted molar refractivity (Wildman–Crippen MR) is 124 cm³/mol. The van der Waals surface area contributed by atoms with Gasteiger partial charge in [-0.3, -0.25) is 4.79 Å². The van der Waals surface area contributed by atoms with Gasteiger partial charge in [-0.2, -0.15) is 4.31 Å². The fraction of sp³-hybridized carbons (Fsp3) is 0.435. The number of piperidine rings is 1. The van der Waals surface area contributed by atoms with Crippen molar-refractivity contribution in [3.8, 4) is 23.0 Å². The Labute approximate surface area is 194 Å². The summed E-state index contributed by atoms with van der Waals surface area (Å²) < 4.78 is 49.6. The molecule has 0 spiro atoms. The van der Waals surface area contributed by atoms with Crippen LogP contribution < -0.4 is 24.3 Å². The van der Waals surface area contributed by atoms with E-state index in [1.54, 1.807) is 12.1 Å². The number of hydrogen-bond donors (Lipinski definition) is 1. The third kappa shape index (κ3) is 5.01. The van der Waals surface area contributed by atoms with Gasteiger partial charge >= 0.3 is 0 Å². The van der Waals surface area contributed by atoms with E-state index in [-0.39, 0.29) is 22.3 Å². The van der Waals surface area contributed by atoms with Gasteiger partial charge in [-0.15, -0.1) is 0 Å². The Morgan fingerprint density at radius 3 is 2.12 bits per heavy atom. The molecule has 1 aliphatic heterocycles. The lowest BCUT2D eigenvalue weighted by Gasteiger charge is -2.32. The molecule has 0 unspecified atom stereocenters. The first-order valence-corrected chi connectivity index (χ1v) is 12.0. The van der Waals surface area contributed by atoms with Crippen LogP contribution in [0.3, 0.4) is 0 Å². The minimum Gasteiger partial charge on any atom is -0.495 e. The second kappa shape index (κ2) is 10.3. The summed E-state index contributed by atoms with van der Waals surface area (Å²) in [6, 6.07) is 7.43. The number of carbonyl (C=O) groups excluding carboxylic acids is 1. The average Bonchev–Trinajstić information content (AvgIpc) is 2.82. The second-order valence-corrected chi connectivity index (χ2v) is 9.55. The van der Waals surface area contributed by atoms with Crippen molar-refractivity contribution in [2.75, 3.05) is 40.3 Å². The van der Waals surface area contributed by atoms with Crippen molar-refractivity contribution >= 4 is 21.6 Å². The highest BCUT2D eigenvalue weighted by Crippen LogP contribution is 2.40. The number of methoxy groups -OCH3 is 4. The quantitative estimate of drug-likeness (QED) is 0.619. The van der Waals surface area contributed by atoms with E-state index < -0.39 is 15.9 Å². The average molecular weight is 479 g/mol. The van der Waals surface area contributed by atoms with Crippen LogP contribution in [0.4, 0.5) is 5.69 Å². The third-order valence-corrected chi connectivity index (χ3v) is 7.71. The van der Waals surface area contributed by atoms with Crippen molar-refractivity contribution in [2.24, 2.45) is 0 Å². The zero-order valence-corrected chi connectivity index (χ0v) is 20.3. The Morgan fingerprint density at radius 1 is 0.939 bits per heavy atom. The van der Waals surface area contributed by atoms with Crippen LogP contribution in [-0.4, -0.2) is 59.7 Å². The highest BCUT2D eigenvalue weighted by molar-refractivity contribution is 7.89. The molecule has 2 aromatic carbocycles. The van der Waals surface area contributed by atoms with Gasteiger partial charge in [0.2, 0.25) is 15.8 Å². The first-order valence-electron chi connectivity index (χ1n) is 10.6. The Balaban J connectivity index is 1.96. The summed E-state index contributed by atoms with van der Waals surface area (Å²) in [6.45, 7) is 2.33. The van der Waals surface area contributed by atoms with Gasteiger partial charge in [0, 0.05) is 36.0 Å². The Morgan fingerprint density at radius 2 is 1.58 bits per heavy atom. The Kier molecular flexibility index (Phi) is 7.70. The molecule has 1 aliphatic rings. The topological polar surface area (TPSA) is 103 Å². The lowest BCUT2D eigenvalue weighted by atomic mass is 10.1. The smallest absolute Gasteiger partial charge is 0.255 e. The summed E-state index contributed by atoms with van der Waals surface area (Å²) in [4.78, 5) is 13.0. The molecule has 180 valence electrons. The number of amides is 1. The molecule has 1 saturated heterocycles. The fourth-order valence-corrected chi connectivity index (χ4v) is 5.81. The van der Waals surface area contributed by atoms with Crippen LogP contribution in [0.1, 0.15) is 36.5 Å². The largest absolute Gasteiger partial charge is 0.495 e. The lowest BCUT2D eigenvalue weighted by molar-refractivity contribution is 0.102. The number of sulfonamides is 1. The lowest BCUT2D eigenvalue weighted by Crippen LogP contribution is -2.42. The Hall–Kier alpha value is -2.98. The molecule has 33 heavy (non-hydrogen) atoms. The van der Waals surface area contributed by atoms with Gasteiger partial charge in [-0.1, -0.05) is 6.42 Å². The monoisotopic (exact) mass is 478 g/mol. The molecule has 3 rings (SSSR count). The highest BCUT2D eigenvalue weighted by atomic mass is 32.2. The van der Waals surface area contributed by atoms with Gasteiger partial charge in [-0.25, -0.2) is 8.42 Å². The minimum atomic E-state index is -3.84. The molecular formula is C23H30N2O7S. The van der Waals surface area contributed by atoms with Gasteiger partial charge in [0.15, 0.2) is 11.5 Å². The molecule has 0 bridgehead atoms. The number of hydrogen-bond acceptors (Lipinski definition) is 7. The van der Waals surface area contributed by atoms with Crippen LogP contribution in [0.25, 0.3) is 0 Å². The maximum Gasteiger partial charge on any atom is 0.255 e. The number of benzene rings is 2. The minimum absolute atomic E-state index is 0.0312. The zero-order chi connectivity index (χ0) is 24.2. The van der Waals surface area contributed by atoms with Crippen LogP contribution in [0.15, 0.2) is 35.2 Å². The molecule has 1 heterocycles. The van der Waals surface area contributed by atoms with E-state index in [0.29, 0.717) is 29.5 Å². The number of ether oxygens (including phenoxy) is 4. The van der Waals surface area contributed by atoms with E-state index in [4.69, 9.17) is 18.9 Å². The van der Waals surface area contributed by atoms with Crippen molar-refractivity contribution in [1.29, 1.82) is 0 Å². The van der Waals surface area contributed by atoms with E-state index >= 15 is 0 Å². The van der Waals surface area contributed by atoms with Crippen LogP contribution in [-0.2, 0) is 10.0 Å². The molecule has 1 atom stereocenters. The van der Waals surface area contributed by atoms with Gasteiger partial charge < -0.3 is 24.3 Å². The van der Waals surface area contributed by atoms with E-state index in [1.165, 1.54) is 50.9 Å². The van der Waals surface area contributed by atoms with Crippen LogP contribution in [0.2, 0.25) is 0 Å². The van der Waals surface area contributed by atoms with E-state index in [1.807, 2.05) is 6.92 Å². The molecule has 0 aromatic heterocycles. The summed E-state index contributed by atoms with van der Waals surface area (Å²) in [5.74, 6) is 0.854. The maximum absolute atomic E-state index is 13.4. The third-order valence-electron chi connectivity index (χ3n) is 5.68. The van der Waals surface area contributed by atoms with Crippen LogP contribution in [0, 0.1) is 0 Å². The van der Waals surface area contributed by atoms with Crippen molar-refractivity contribution in [3.63, 3.8) is 0 Å². The number of anilines is 1. The molecule has 2 aromatic rings. The second-order valence-electron chi connectivity index (χ2n) is 7.69. The SMILES string of the molecule is COc1ccc(C(=O)Nc2cc(OC)c(OC)c(OC)c2)cc1S(=O)(=O)N1CCCC[C@H]1C. The summed E-state index contributed by atoms with van der Waals surface area (Å²) in [5, 5.41) is 2.76. The standard InChI is InChI=1S/C23H30N2O7S/c1-15-8-6-7-11-25(15)33(27,28)21-12-16(9-10-18(21)29-2)23(26)24-17-13-19(30-3)22(32-5)20(14-17)31-4/h9-10,12-15H,6-8,11H2,1-5H3,(H,24,26)/t15-/m1/s1. The number of carbonyl (C=O) groups is 1.